The first kappa shape index (κ1) is 21.8. The molecule has 0 aliphatic carbocycles. The maximum Gasteiger partial charge on any atom is 0.414 e. The molecule has 2 heterocycles. The third-order valence-corrected chi connectivity index (χ3v) is 5.58. The summed E-state index contributed by atoms with van der Waals surface area (Å²) in [6, 6.07) is 14.7. The second kappa shape index (κ2) is 9.35. The lowest BCUT2D eigenvalue weighted by atomic mass is 9.99. The van der Waals surface area contributed by atoms with E-state index in [0.29, 0.717) is 36.6 Å². The zero-order valence-electron chi connectivity index (χ0n) is 17.7. The minimum absolute atomic E-state index is 0.189. The lowest BCUT2D eigenvalue weighted by Gasteiger charge is -2.39. The Bertz CT molecular complexity index is 985. The molecule has 2 amide bonds. The average Bonchev–Trinajstić information content (AvgIpc) is 3.18. The number of benzene rings is 2. The van der Waals surface area contributed by atoms with Crippen LogP contribution in [-0.2, 0) is 9.53 Å². The van der Waals surface area contributed by atoms with Gasteiger partial charge in [0, 0.05) is 37.0 Å². The number of ketones is 1. The van der Waals surface area contributed by atoms with Gasteiger partial charge in [-0.1, -0.05) is 30.3 Å². The Hall–Kier alpha value is -3.46. The highest BCUT2D eigenvalue weighted by Gasteiger charge is 2.38. The number of Topliss-reactive ketones (excluding diaryl/α,β-unsaturated/α-hetero) is 1. The number of ether oxygens (including phenoxy) is 1. The molecule has 0 saturated carbocycles. The molecule has 2 aliphatic heterocycles. The van der Waals surface area contributed by atoms with Gasteiger partial charge < -0.3 is 15.0 Å². The van der Waals surface area contributed by atoms with Gasteiger partial charge in [-0.05, 0) is 24.3 Å². The molecule has 2 aromatic carbocycles. The molecule has 168 valence electrons. The van der Waals surface area contributed by atoms with E-state index in [2.05, 4.69) is 10.6 Å². The maximum absolute atomic E-state index is 14.8. The van der Waals surface area contributed by atoms with E-state index in [1.807, 2.05) is 6.07 Å². The predicted molar refractivity (Wildman–Crippen MR) is 118 cm³/mol. The van der Waals surface area contributed by atoms with Crippen molar-refractivity contribution in [3.8, 4) is 0 Å². The molecule has 2 N–H and O–H groups in total. The molecule has 8 nitrogen and oxygen atoms in total. The van der Waals surface area contributed by atoms with Crippen molar-refractivity contribution < 1.29 is 23.5 Å². The van der Waals surface area contributed by atoms with E-state index in [0.717, 1.165) is 0 Å². The van der Waals surface area contributed by atoms with Gasteiger partial charge in [0.25, 0.3) is 0 Å². The number of hydrogen-bond acceptors (Lipinski definition) is 6. The number of carbonyl (C=O) groups excluding carboxylic acids is 3. The minimum atomic E-state index is -1.50. The fraction of sp³-hybridized carbons (Fsp3) is 0.348. The van der Waals surface area contributed by atoms with Crippen LogP contribution >= 0.6 is 0 Å². The summed E-state index contributed by atoms with van der Waals surface area (Å²) in [6.07, 6.45) is -2.42. The number of halogens is 1. The Balaban J connectivity index is 1.50. The van der Waals surface area contributed by atoms with Crippen molar-refractivity contribution in [2.24, 2.45) is 0 Å². The zero-order valence-corrected chi connectivity index (χ0v) is 17.7. The highest BCUT2D eigenvalue weighted by molar-refractivity contribution is 6.02. The number of hydrogen-bond donors (Lipinski definition) is 2. The number of piperazine rings is 1. The number of nitrogens with zero attached hydrogens (tertiary/aromatic N) is 2. The molecule has 2 saturated heterocycles. The number of carbonyl (C=O) groups is 3. The van der Waals surface area contributed by atoms with Gasteiger partial charge >= 0.3 is 6.09 Å². The molecule has 0 bridgehead atoms. The molecule has 2 fully saturated rings. The lowest BCUT2D eigenvalue weighted by Crippen LogP contribution is -2.59. The number of nitrogens with one attached hydrogen (secondary N) is 2. The van der Waals surface area contributed by atoms with Crippen LogP contribution in [0, 0.1) is 0 Å². The van der Waals surface area contributed by atoms with E-state index in [1.54, 1.807) is 53.4 Å². The molecule has 0 aromatic heterocycles. The summed E-state index contributed by atoms with van der Waals surface area (Å²) >= 11 is 0. The molecule has 3 atom stereocenters. The number of rotatable bonds is 6. The second-order valence-electron chi connectivity index (χ2n) is 7.79. The summed E-state index contributed by atoms with van der Waals surface area (Å²) in [4.78, 5) is 39.6. The third-order valence-electron chi connectivity index (χ3n) is 5.58. The zero-order chi connectivity index (χ0) is 22.7. The maximum atomic E-state index is 14.8. The Labute approximate surface area is 185 Å². The fourth-order valence-corrected chi connectivity index (χ4v) is 3.99. The summed E-state index contributed by atoms with van der Waals surface area (Å²) in [5, 5.41) is 5.38. The van der Waals surface area contributed by atoms with Crippen LogP contribution in [0.3, 0.4) is 0 Å². The molecule has 0 radical (unpaired) electrons. The van der Waals surface area contributed by atoms with E-state index in [1.165, 1.54) is 11.8 Å². The van der Waals surface area contributed by atoms with E-state index >= 15 is 0 Å². The van der Waals surface area contributed by atoms with Crippen LogP contribution in [0.15, 0.2) is 54.6 Å². The van der Waals surface area contributed by atoms with Gasteiger partial charge in [-0.3, -0.25) is 19.8 Å². The Morgan fingerprint density at radius 3 is 2.50 bits per heavy atom. The molecule has 4 rings (SSSR count). The Morgan fingerprint density at radius 1 is 1.12 bits per heavy atom. The number of alkyl halides is 1. The normalized spacial score (nSPS) is 23.1. The van der Waals surface area contributed by atoms with Gasteiger partial charge in [-0.2, -0.15) is 0 Å². The smallest absolute Gasteiger partial charge is 0.414 e. The summed E-state index contributed by atoms with van der Waals surface area (Å²) in [5.41, 5.74) is 1.77. The first-order chi connectivity index (χ1) is 15.4. The first-order valence-electron chi connectivity index (χ1n) is 10.5. The van der Waals surface area contributed by atoms with Crippen LogP contribution < -0.4 is 20.4 Å². The quantitative estimate of drug-likeness (QED) is 0.528. The van der Waals surface area contributed by atoms with Crippen molar-refractivity contribution >= 4 is 29.2 Å². The SMILES string of the molecule is CC(=O)NCC1CN(c2ccc(N3CCNC(F)C3C(=O)c3ccccc3)cc2)C(=O)O1. The topological polar surface area (TPSA) is 91.0 Å². The van der Waals surface area contributed by atoms with Gasteiger partial charge in [0.05, 0.1) is 13.1 Å². The molecule has 2 aliphatic rings. The van der Waals surface area contributed by atoms with Crippen LogP contribution in [0.1, 0.15) is 17.3 Å². The van der Waals surface area contributed by atoms with E-state index in [-0.39, 0.29) is 18.2 Å². The van der Waals surface area contributed by atoms with Crippen molar-refractivity contribution in [3.63, 3.8) is 0 Å². The summed E-state index contributed by atoms with van der Waals surface area (Å²) < 4.78 is 20.1. The minimum Gasteiger partial charge on any atom is -0.442 e. The molecule has 3 unspecified atom stereocenters. The molecule has 0 spiro atoms. The predicted octanol–water partition coefficient (Wildman–Crippen LogP) is 2.10. The van der Waals surface area contributed by atoms with Crippen molar-refractivity contribution in [1.82, 2.24) is 10.6 Å². The van der Waals surface area contributed by atoms with E-state index < -0.39 is 24.5 Å². The largest absolute Gasteiger partial charge is 0.442 e. The van der Waals surface area contributed by atoms with Gasteiger partial charge in [-0.25, -0.2) is 9.18 Å². The average molecular weight is 440 g/mol. The van der Waals surface area contributed by atoms with Crippen LogP contribution in [0.4, 0.5) is 20.6 Å². The van der Waals surface area contributed by atoms with Gasteiger partial charge in [0.1, 0.15) is 12.1 Å². The highest BCUT2D eigenvalue weighted by Crippen LogP contribution is 2.28. The highest BCUT2D eigenvalue weighted by atomic mass is 19.1. The molecular weight excluding hydrogens is 415 g/mol. The van der Waals surface area contributed by atoms with Crippen molar-refractivity contribution in [2.45, 2.75) is 25.4 Å². The van der Waals surface area contributed by atoms with Gasteiger partial charge in [0.15, 0.2) is 12.1 Å². The summed E-state index contributed by atoms with van der Waals surface area (Å²) in [5.74, 6) is -0.482. The van der Waals surface area contributed by atoms with Crippen LogP contribution in [0.5, 0.6) is 0 Å². The number of anilines is 2. The number of amides is 2. The summed E-state index contributed by atoms with van der Waals surface area (Å²) in [7, 11) is 0. The molecule has 2 aromatic rings. The van der Waals surface area contributed by atoms with Crippen LogP contribution in [-0.4, -0.2) is 62.4 Å². The van der Waals surface area contributed by atoms with E-state index in [4.69, 9.17) is 4.74 Å². The Morgan fingerprint density at radius 2 is 1.81 bits per heavy atom. The fourth-order valence-electron chi connectivity index (χ4n) is 3.99. The monoisotopic (exact) mass is 440 g/mol. The van der Waals surface area contributed by atoms with Crippen molar-refractivity contribution in [1.29, 1.82) is 0 Å². The van der Waals surface area contributed by atoms with Crippen molar-refractivity contribution in [3.05, 3.63) is 60.2 Å². The van der Waals surface area contributed by atoms with Gasteiger partial charge in [0.2, 0.25) is 5.91 Å². The summed E-state index contributed by atoms with van der Waals surface area (Å²) in [6.45, 7) is 2.84. The first-order valence-corrected chi connectivity index (χ1v) is 10.5. The second-order valence-corrected chi connectivity index (χ2v) is 7.79. The van der Waals surface area contributed by atoms with E-state index in [9.17, 15) is 18.8 Å². The number of cyclic esters (lactones) is 1. The van der Waals surface area contributed by atoms with Crippen LogP contribution in [0.25, 0.3) is 0 Å². The molecular formula is C23H25FN4O4. The van der Waals surface area contributed by atoms with Gasteiger partial charge in [-0.15, -0.1) is 0 Å². The van der Waals surface area contributed by atoms with Crippen molar-refractivity contribution in [2.75, 3.05) is 36.0 Å². The molecule has 32 heavy (non-hydrogen) atoms. The molecule has 9 heteroatoms. The lowest BCUT2D eigenvalue weighted by molar-refractivity contribution is -0.119. The Kier molecular flexibility index (Phi) is 6.36. The standard InChI is InChI=1S/C23H25FN4O4/c1-15(29)26-13-19-14-28(23(31)32-19)18-9-7-17(8-10-18)27-12-11-25-22(24)20(27)21(30)16-5-3-2-4-6-16/h2-10,19-20,22,25H,11-14H2,1H3,(H,26,29). The van der Waals surface area contributed by atoms with Crippen LogP contribution in [0.2, 0.25) is 0 Å². The third kappa shape index (κ3) is 4.57.